The van der Waals surface area contributed by atoms with Gasteiger partial charge in [0.15, 0.2) is 0 Å². The first-order valence-electron chi connectivity index (χ1n) is 7.36. The van der Waals surface area contributed by atoms with Crippen molar-refractivity contribution in [2.45, 2.75) is 25.3 Å². The number of halogens is 1. The molecule has 2 heterocycles. The number of likely N-dealkylation sites (tertiary alicyclic amines) is 1. The van der Waals surface area contributed by atoms with Crippen molar-refractivity contribution >= 4 is 17.2 Å². The topological polar surface area (TPSA) is 59.2 Å². The highest BCUT2D eigenvalue weighted by Gasteiger charge is 2.23. The molecule has 116 valence electrons. The molecule has 1 aromatic carbocycles. The lowest BCUT2D eigenvalue weighted by molar-refractivity contribution is 0.0709. The van der Waals surface area contributed by atoms with Crippen LogP contribution in [-0.2, 0) is 6.42 Å². The minimum atomic E-state index is -0.240. The highest BCUT2D eigenvalue weighted by molar-refractivity contribution is 7.09. The van der Waals surface area contributed by atoms with Gasteiger partial charge in [0, 0.05) is 30.9 Å². The first-order valence-corrected chi connectivity index (χ1v) is 8.24. The monoisotopic (exact) mass is 319 g/mol. The number of nitrogens with two attached hydrogens (primary N) is 1. The number of benzene rings is 1. The molecule has 1 aromatic heterocycles. The Bertz CT molecular complexity index is 665. The molecule has 2 aromatic rings. The van der Waals surface area contributed by atoms with Crippen molar-refractivity contribution in [3.63, 3.8) is 0 Å². The third-order valence-electron chi connectivity index (χ3n) is 3.90. The van der Waals surface area contributed by atoms with Crippen molar-refractivity contribution in [1.29, 1.82) is 0 Å². The first-order chi connectivity index (χ1) is 10.6. The highest BCUT2D eigenvalue weighted by atomic mass is 32.1. The van der Waals surface area contributed by atoms with E-state index >= 15 is 0 Å². The second-order valence-electron chi connectivity index (χ2n) is 5.52. The Kier molecular flexibility index (Phi) is 4.49. The van der Waals surface area contributed by atoms with Gasteiger partial charge in [0.05, 0.1) is 5.01 Å². The molecular formula is C16H18FN3OS. The molecule has 0 unspecified atom stereocenters. The van der Waals surface area contributed by atoms with Crippen LogP contribution in [0.25, 0.3) is 0 Å². The van der Waals surface area contributed by atoms with Crippen molar-refractivity contribution in [2.24, 2.45) is 5.73 Å². The number of carbonyl (C=O) groups excluding carboxylic acids is 1. The van der Waals surface area contributed by atoms with Gasteiger partial charge in [-0.15, -0.1) is 11.3 Å². The number of hydrogen-bond acceptors (Lipinski definition) is 4. The summed E-state index contributed by atoms with van der Waals surface area (Å²) in [5.74, 6) is -0.293. The predicted molar refractivity (Wildman–Crippen MR) is 84.4 cm³/mol. The molecule has 2 N–H and O–H groups in total. The average Bonchev–Trinajstić information content (AvgIpc) is 2.98. The lowest BCUT2D eigenvalue weighted by Gasteiger charge is -2.29. The molecule has 0 atom stereocenters. The van der Waals surface area contributed by atoms with E-state index in [1.54, 1.807) is 28.5 Å². The fourth-order valence-corrected chi connectivity index (χ4v) is 3.35. The summed E-state index contributed by atoms with van der Waals surface area (Å²) in [6.45, 7) is 1.36. The number of carbonyl (C=O) groups is 1. The number of aromatic nitrogens is 1. The molecule has 1 saturated heterocycles. The van der Waals surface area contributed by atoms with Gasteiger partial charge in [0.1, 0.15) is 11.5 Å². The molecule has 4 nitrogen and oxygen atoms in total. The van der Waals surface area contributed by atoms with Gasteiger partial charge in [-0.2, -0.15) is 0 Å². The van der Waals surface area contributed by atoms with Crippen molar-refractivity contribution in [2.75, 3.05) is 13.1 Å². The maximum absolute atomic E-state index is 13.7. The van der Waals surface area contributed by atoms with Crippen LogP contribution in [0.3, 0.4) is 0 Å². The zero-order chi connectivity index (χ0) is 15.5. The maximum atomic E-state index is 13.7. The van der Waals surface area contributed by atoms with Gasteiger partial charge in [-0.1, -0.05) is 18.2 Å². The molecular weight excluding hydrogens is 301 g/mol. The number of piperidine rings is 1. The van der Waals surface area contributed by atoms with Gasteiger partial charge in [-0.25, -0.2) is 9.37 Å². The van der Waals surface area contributed by atoms with Gasteiger partial charge in [0.2, 0.25) is 0 Å². The Morgan fingerprint density at radius 2 is 2.09 bits per heavy atom. The number of hydrogen-bond donors (Lipinski definition) is 1. The van der Waals surface area contributed by atoms with Crippen molar-refractivity contribution in [1.82, 2.24) is 9.88 Å². The first kappa shape index (κ1) is 15.1. The predicted octanol–water partition coefficient (Wildman–Crippen LogP) is 2.44. The number of rotatable bonds is 3. The van der Waals surface area contributed by atoms with Gasteiger partial charge in [-0.05, 0) is 24.5 Å². The molecule has 1 amide bonds. The summed E-state index contributed by atoms with van der Waals surface area (Å²) in [7, 11) is 0. The van der Waals surface area contributed by atoms with Crippen LogP contribution in [0.1, 0.15) is 33.9 Å². The van der Waals surface area contributed by atoms with Crippen LogP contribution in [-0.4, -0.2) is 34.9 Å². The molecule has 1 aliphatic heterocycles. The normalized spacial score (nSPS) is 16.0. The Morgan fingerprint density at radius 3 is 2.82 bits per heavy atom. The van der Waals surface area contributed by atoms with Crippen LogP contribution < -0.4 is 5.73 Å². The maximum Gasteiger partial charge on any atom is 0.273 e. The van der Waals surface area contributed by atoms with E-state index in [4.69, 9.17) is 5.73 Å². The third-order valence-corrected chi connectivity index (χ3v) is 4.75. The number of nitrogens with zero attached hydrogens (tertiary/aromatic N) is 2. The Balaban J connectivity index is 1.68. The van der Waals surface area contributed by atoms with Gasteiger partial charge in [-0.3, -0.25) is 4.79 Å². The molecule has 6 heteroatoms. The smallest absolute Gasteiger partial charge is 0.273 e. The van der Waals surface area contributed by atoms with E-state index in [1.165, 1.54) is 17.4 Å². The van der Waals surface area contributed by atoms with Crippen molar-refractivity contribution < 1.29 is 9.18 Å². The fourth-order valence-electron chi connectivity index (χ4n) is 2.56. The summed E-state index contributed by atoms with van der Waals surface area (Å²) in [6.07, 6.45) is 2.07. The van der Waals surface area contributed by atoms with Crippen LogP contribution in [0.4, 0.5) is 4.39 Å². The van der Waals surface area contributed by atoms with Crippen LogP contribution >= 0.6 is 11.3 Å². The molecule has 3 rings (SSSR count). The summed E-state index contributed by atoms with van der Waals surface area (Å²) in [4.78, 5) is 18.6. The number of amides is 1. The van der Waals surface area contributed by atoms with Crippen LogP contribution in [0.15, 0.2) is 29.6 Å². The Labute approximate surface area is 132 Å². The van der Waals surface area contributed by atoms with Crippen LogP contribution in [0.5, 0.6) is 0 Å². The summed E-state index contributed by atoms with van der Waals surface area (Å²) in [6, 6.07) is 6.83. The fraction of sp³-hybridized carbons (Fsp3) is 0.375. The molecule has 1 fully saturated rings. The second kappa shape index (κ2) is 6.54. The third kappa shape index (κ3) is 3.34. The van der Waals surface area contributed by atoms with Crippen molar-refractivity contribution in [3.8, 4) is 0 Å². The Hall–Kier alpha value is -1.79. The molecule has 0 aliphatic carbocycles. The van der Waals surface area contributed by atoms with E-state index in [9.17, 15) is 9.18 Å². The lowest BCUT2D eigenvalue weighted by atomic mass is 10.1. The van der Waals surface area contributed by atoms with E-state index < -0.39 is 0 Å². The van der Waals surface area contributed by atoms with Gasteiger partial charge in [0.25, 0.3) is 5.91 Å². The van der Waals surface area contributed by atoms with Crippen LogP contribution in [0.2, 0.25) is 0 Å². The minimum Gasteiger partial charge on any atom is -0.337 e. The minimum absolute atomic E-state index is 0.0528. The van der Waals surface area contributed by atoms with Gasteiger partial charge >= 0.3 is 0 Å². The largest absolute Gasteiger partial charge is 0.337 e. The zero-order valence-electron chi connectivity index (χ0n) is 12.2. The molecule has 0 bridgehead atoms. The highest BCUT2D eigenvalue weighted by Crippen LogP contribution is 2.19. The SMILES string of the molecule is NC1CCN(C(=O)c2csc(Cc3ccccc3F)n2)CC1. The quantitative estimate of drug-likeness (QED) is 0.945. The van der Waals surface area contributed by atoms with E-state index in [1.807, 2.05) is 0 Å². The average molecular weight is 319 g/mol. The lowest BCUT2D eigenvalue weighted by Crippen LogP contribution is -2.42. The van der Waals surface area contributed by atoms with E-state index in [0.717, 1.165) is 17.8 Å². The second-order valence-corrected chi connectivity index (χ2v) is 6.47. The molecule has 22 heavy (non-hydrogen) atoms. The summed E-state index contributed by atoms with van der Waals surface area (Å²) < 4.78 is 13.7. The van der Waals surface area contributed by atoms with Gasteiger partial charge < -0.3 is 10.6 Å². The van der Waals surface area contributed by atoms with Crippen LogP contribution in [0, 0.1) is 5.82 Å². The van der Waals surface area contributed by atoms with Crippen molar-refractivity contribution in [3.05, 3.63) is 51.7 Å². The molecule has 1 aliphatic rings. The van der Waals surface area contributed by atoms with E-state index in [0.29, 0.717) is 30.8 Å². The summed E-state index contributed by atoms with van der Waals surface area (Å²) >= 11 is 1.40. The summed E-state index contributed by atoms with van der Waals surface area (Å²) in [5, 5.41) is 2.51. The molecule has 0 radical (unpaired) electrons. The van der Waals surface area contributed by atoms with E-state index in [2.05, 4.69) is 4.98 Å². The van der Waals surface area contributed by atoms with E-state index in [-0.39, 0.29) is 17.8 Å². The Morgan fingerprint density at radius 1 is 1.36 bits per heavy atom. The standard InChI is InChI=1S/C16H18FN3OS/c17-13-4-2-1-3-11(13)9-15-19-14(10-22-15)16(21)20-7-5-12(18)6-8-20/h1-4,10,12H,5-9,18H2. The zero-order valence-corrected chi connectivity index (χ0v) is 13.0. The summed E-state index contributed by atoms with van der Waals surface area (Å²) in [5.41, 5.74) is 6.90. The number of thiazole rings is 1. The molecule has 0 spiro atoms. The molecule has 0 saturated carbocycles.